The molecular formula is C18H12ClF3N2O3S2. The molecule has 0 bridgehead atoms. The van der Waals surface area contributed by atoms with Crippen molar-refractivity contribution < 1.29 is 26.4 Å². The third-order valence-corrected chi connectivity index (χ3v) is 6.02. The van der Waals surface area contributed by atoms with Gasteiger partial charge in [-0.15, -0.1) is 11.3 Å². The Morgan fingerprint density at radius 3 is 2.55 bits per heavy atom. The number of rotatable bonds is 4. The van der Waals surface area contributed by atoms with Gasteiger partial charge in [-0.25, -0.2) is 13.4 Å². The number of nitrogens with zero attached hydrogens (tertiary/aromatic N) is 1. The predicted octanol–water partition coefficient (Wildman–Crippen LogP) is 5.14. The topological polar surface area (TPSA) is 76.1 Å². The first-order valence-electron chi connectivity index (χ1n) is 7.89. The van der Waals surface area contributed by atoms with Crippen molar-refractivity contribution >= 4 is 43.8 Å². The number of hydrogen-bond donors (Lipinski definition) is 1. The molecule has 1 amide bonds. The number of thiazole rings is 1. The Morgan fingerprint density at radius 1 is 1.17 bits per heavy atom. The zero-order chi connectivity index (χ0) is 21.4. The van der Waals surface area contributed by atoms with Gasteiger partial charge in [0.15, 0.2) is 15.0 Å². The van der Waals surface area contributed by atoms with E-state index in [1.54, 1.807) is 0 Å². The summed E-state index contributed by atoms with van der Waals surface area (Å²) in [4.78, 5) is 16.5. The normalized spacial score (nSPS) is 12.0. The van der Waals surface area contributed by atoms with Crippen LogP contribution in [0.5, 0.6) is 0 Å². The highest BCUT2D eigenvalue weighted by Crippen LogP contribution is 2.33. The number of benzene rings is 2. The number of halogens is 4. The number of amides is 1. The molecule has 0 spiro atoms. The van der Waals surface area contributed by atoms with Gasteiger partial charge in [-0.05, 0) is 30.3 Å². The molecule has 0 saturated heterocycles. The van der Waals surface area contributed by atoms with Gasteiger partial charge in [0, 0.05) is 17.2 Å². The number of aromatic nitrogens is 1. The molecule has 0 radical (unpaired) electrons. The molecule has 0 atom stereocenters. The van der Waals surface area contributed by atoms with Crippen molar-refractivity contribution in [3.05, 3.63) is 64.0 Å². The first-order valence-corrected chi connectivity index (χ1v) is 11.0. The Hall–Kier alpha value is -2.43. The second-order valence-electron chi connectivity index (χ2n) is 5.98. The van der Waals surface area contributed by atoms with Crippen molar-refractivity contribution in [3.63, 3.8) is 0 Å². The highest BCUT2D eigenvalue weighted by molar-refractivity contribution is 7.90. The largest absolute Gasteiger partial charge is 0.416 e. The summed E-state index contributed by atoms with van der Waals surface area (Å²) in [6.45, 7) is 0. The van der Waals surface area contributed by atoms with Gasteiger partial charge in [-0.2, -0.15) is 13.2 Å². The van der Waals surface area contributed by atoms with Crippen molar-refractivity contribution in [1.29, 1.82) is 0 Å². The lowest BCUT2D eigenvalue weighted by atomic mass is 10.1. The van der Waals surface area contributed by atoms with E-state index >= 15 is 0 Å². The third-order valence-electron chi connectivity index (χ3n) is 3.82. The van der Waals surface area contributed by atoms with Crippen LogP contribution in [0.15, 0.2) is 52.7 Å². The average Bonchev–Trinajstić information content (AvgIpc) is 3.09. The van der Waals surface area contributed by atoms with Gasteiger partial charge in [0.2, 0.25) is 0 Å². The van der Waals surface area contributed by atoms with Crippen LogP contribution in [-0.2, 0) is 16.0 Å². The van der Waals surface area contributed by atoms with E-state index in [1.165, 1.54) is 29.6 Å². The number of carbonyl (C=O) groups excluding carboxylic acids is 1. The molecule has 0 aliphatic heterocycles. The van der Waals surface area contributed by atoms with E-state index in [0.717, 1.165) is 35.8 Å². The maximum atomic E-state index is 12.9. The van der Waals surface area contributed by atoms with Crippen LogP contribution in [0, 0.1) is 0 Å². The van der Waals surface area contributed by atoms with Crippen LogP contribution in [0.1, 0.15) is 15.9 Å². The molecule has 1 heterocycles. The summed E-state index contributed by atoms with van der Waals surface area (Å²) < 4.78 is 62.0. The average molecular weight is 461 g/mol. The molecule has 3 rings (SSSR count). The van der Waals surface area contributed by atoms with Gasteiger partial charge in [-0.1, -0.05) is 23.7 Å². The molecule has 29 heavy (non-hydrogen) atoms. The number of nitrogens with one attached hydrogen (secondary N) is 1. The molecule has 1 N–H and O–H groups in total. The molecule has 152 valence electrons. The Labute approximate surface area is 173 Å². The number of carbonyl (C=O) groups is 1. The standard InChI is InChI=1S/C18H12ClF3N2O3S2/c1-29(26,27)12-5-6-14(19)13(8-12)16(25)24-17-23-15(9-28-17)10-3-2-4-11(7-10)18(20,21)22/h2-9H,1H3,(H,23,24,25). The van der Waals surface area contributed by atoms with E-state index < -0.39 is 27.5 Å². The van der Waals surface area contributed by atoms with Crippen LogP contribution in [0.2, 0.25) is 5.02 Å². The van der Waals surface area contributed by atoms with Crippen LogP contribution in [0.25, 0.3) is 11.3 Å². The molecule has 0 aliphatic rings. The zero-order valence-corrected chi connectivity index (χ0v) is 17.0. The molecule has 3 aromatic rings. The summed E-state index contributed by atoms with van der Waals surface area (Å²) in [7, 11) is -3.54. The molecule has 0 unspecified atom stereocenters. The highest BCUT2D eigenvalue weighted by atomic mass is 35.5. The summed E-state index contributed by atoms with van der Waals surface area (Å²) in [5.74, 6) is -0.689. The molecule has 0 fully saturated rings. The van der Waals surface area contributed by atoms with Crippen LogP contribution in [0.3, 0.4) is 0 Å². The zero-order valence-electron chi connectivity index (χ0n) is 14.6. The number of anilines is 1. The van der Waals surface area contributed by atoms with E-state index in [2.05, 4.69) is 10.3 Å². The van der Waals surface area contributed by atoms with Crippen molar-refractivity contribution in [2.24, 2.45) is 0 Å². The molecular weight excluding hydrogens is 449 g/mol. The Bertz CT molecular complexity index is 1190. The fourth-order valence-corrected chi connectivity index (χ4v) is 3.96. The van der Waals surface area contributed by atoms with Crippen molar-refractivity contribution in [1.82, 2.24) is 4.98 Å². The smallest absolute Gasteiger partial charge is 0.298 e. The van der Waals surface area contributed by atoms with E-state index in [0.29, 0.717) is 0 Å². The lowest BCUT2D eigenvalue weighted by Crippen LogP contribution is -2.13. The summed E-state index contributed by atoms with van der Waals surface area (Å²) in [5, 5.41) is 4.15. The molecule has 5 nitrogen and oxygen atoms in total. The predicted molar refractivity (Wildman–Crippen MR) is 105 cm³/mol. The fourth-order valence-electron chi connectivity index (χ4n) is 2.39. The van der Waals surface area contributed by atoms with Gasteiger partial charge >= 0.3 is 6.18 Å². The third kappa shape index (κ3) is 4.95. The highest BCUT2D eigenvalue weighted by Gasteiger charge is 2.30. The minimum atomic E-state index is -4.48. The lowest BCUT2D eigenvalue weighted by Gasteiger charge is -2.07. The van der Waals surface area contributed by atoms with Crippen LogP contribution in [-0.4, -0.2) is 25.6 Å². The Morgan fingerprint density at radius 2 is 1.90 bits per heavy atom. The maximum Gasteiger partial charge on any atom is 0.416 e. The molecule has 1 aromatic heterocycles. The first kappa shape index (κ1) is 21.3. The first-order chi connectivity index (χ1) is 13.4. The summed E-state index contributed by atoms with van der Waals surface area (Å²) >= 11 is 7.00. The minimum Gasteiger partial charge on any atom is -0.298 e. The lowest BCUT2D eigenvalue weighted by molar-refractivity contribution is -0.137. The van der Waals surface area contributed by atoms with Crippen LogP contribution < -0.4 is 5.32 Å². The van der Waals surface area contributed by atoms with Crippen LogP contribution >= 0.6 is 22.9 Å². The SMILES string of the molecule is CS(=O)(=O)c1ccc(Cl)c(C(=O)Nc2nc(-c3cccc(C(F)(F)F)c3)cs2)c1. The van der Waals surface area contributed by atoms with E-state index in [4.69, 9.17) is 11.6 Å². The maximum absolute atomic E-state index is 12.9. The Balaban J connectivity index is 1.85. The van der Waals surface area contributed by atoms with E-state index in [-0.39, 0.29) is 31.9 Å². The fraction of sp³-hybridized carbons (Fsp3) is 0.111. The summed E-state index contributed by atoms with van der Waals surface area (Å²) in [6, 6.07) is 8.39. The molecule has 0 aliphatic carbocycles. The number of sulfone groups is 1. The number of hydrogen-bond acceptors (Lipinski definition) is 5. The molecule has 2 aromatic carbocycles. The number of alkyl halides is 3. The second kappa shape index (κ2) is 7.77. The molecule has 0 saturated carbocycles. The minimum absolute atomic E-state index is 0.0459. The van der Waals surface area contributed by atoms with Gasteiger partial charge in [0.25, 0.3) is 5.91 Å². The monoisotopic (exact) mass is 460 g/mol. The van der Waals surface area contributed by atoms with Gasteiger partial charge < -0.3 is 0 Å². The van der Waals surface area contributed by atoms with Crippen molar-refractivity contribution in [2.75, 3.05) is 11.6 Å². The van der Waals surface area contributed by atoms with Gasteiger partial charge in [0.05, 0.1) is 26.7 Å². The van der Waals surface area contributed by atoms with Gasteiger partial charge in [-0.3, -0.25) is 10.1 Å². The molecule has 11 heteroatoms. The Kier molecular flexibility index (Phi) is 5.70. The van der Waals surface area contributed by atoms with E-state index in [1.807, 2.05) is 0 Å². The van der Waals surface area contributed by atoms with Crippen molar-refractivity contribution in [3.8, 4) is 11.3 Å². The summed E-state index contributed by atoms with van der Waals surface area (Å²) in [6.07, 6.45) is -3.48. The van der Waals surface area contributed by atoms with E-state index in [9.17, 15) is 26.4 Å². The van der Waals surface area contributed by atoms with Crippen LogP contribution in [0.4, 0.5) is 18.3 Å². The van der Waals surface area contributed by atoms with Gasteiger partial charge in [0.1, 0.15) is 0 Å². The quantitative estimate of drug-likeness (QED) is 0.585. The second-order valence-corrected chi connectivity index (χ2v) is 9.27. The summed E-state index contributed by atoms with van der Waals surface area (Å²) in [5.41, 5.74) is -0.371. The van der Waals surface area contributed by atoms with Crippen molar-refractivity contribution in [2.45, 2.75) is 11.1 Å².